The zero-order valence-electron chi connectivity index (χ0n) is 8.18. The standard InChI is InChI=1S/C12H7NO3/c14-11-10-8-4-2-1-3-7(8)5-6-9(10)16-12(11)13-15/h1-6,15H. The molecule has 1 N–H and O–H groups in total. The number of carbonyl (C=O) groups is 1. The number of ether oxygens (including phenoxy) is 1. The average molecular weight is 213 g/mol. The monoisotopic (exact) mass is 213 g/mol. The lowest BCUT2D eigenvalue weighted by molar-refractivity contribution is 0.105. The zero-order valence-corrected chi connectivity index (χ0v) is 8.18. The third-order valence-corrected chi connectivity index (χ3v) is 2.61. The summed E-state index contributed by atoms with van der Waals surface area (Å²) in [6, 6.07) is 11.1. The van der Waals surface area contributed by atoms with Crippen LogP contribution in [0, 0.1) is 0 Å². The van der Waals surface area contributed by atoms with Gasteiger partial charge in [-0.1, -0.05) is 30.3 Å². The molecule has 1 aliphatic rings. The molecule has 0 aromatic heterocycles. The summed E-state index contributed by atoms with van der Waals surface area (Å²) in [4.78, 5) is 11.8. The first kappa shape index (κ1) is 8.91. The number of oxime groups is 1. The summed E-state index contributed by atoms with van der Waals surface area (Å²) < 4.78 is 5.13. The largest absolute Gasteiger partial charge is 0.433 e. The van der Waals surface area contributed by atoms with Crippen LogP contribution in [0.1, 0.15) is 10.4 Å². The Balaban J connectivity index is 2.38. The normalized spacial score (nSPS) is 16.5. The second-order valence-electron chi connectivity index (χ2n) is 3.50. The van der Waals surface area contributed by atoms with Gasteiger partial charge in [0, 0.05) is 0 Å². The van der Waals surface area contributed by atoms with E-state index in [0.29, 0.717) is 11.3 Å². The third kappa shape index (κ3) is 1.04. The Morgan fingerprint density at radius 3 is 2.75 bits per heavy atom. The van der Waals surface area contributed by atoms with Gasteiger partial charge in [-0.15, -0.1) is 0 Å². The summed E-state index contributed by atoms with van der Waals surface area (Å²) in [5.41, 5.74) is 0.464. The molecule has 0 saturated heterocycles. The third-order valence-electron chi connectivity index (χ3n) is 2.61. The van der Waals surface area contributed by atoms with Crippen molar-refractivity contribution < 1.29 is 14.7 Å². The van der Waals surface area contributed by atoms with Gasteiger partial charge in [-0.25, -0.2) is 0 Å². The van der Waals surface area contributed by atoms with Crippen LogP contribution in [0.4, 0.5) is 0 Å². The first-order chi connectivity index (χ1) is 7.81. The highest BCUT2D eigenvalue weighted by Gasteiger charge is 2.31. The highest BCUT2D eigenvalue weighted by Crippen LogP contribution is 2.33. The van der Waals surface area contributed by atoms with Crippen LogP contribution in [0.2, 0.25) is 0 Å². The lowest BCUT2D eigenvalue weighted by Gasteiger charge is -2.00. The molecular weight excluding hydrogens is 206 g/mol. The summed E-state index contributed by atoms with van der Waals surface area (Å²) in [6.07, 6.45) is 0. The minimum absolute atomic E-state index is 0.272. The van der Waals surface area contributed by atoms with E-state index in [2.05, 4.69) is 5.16 Å². The first-order valence-electron chi connectivity index (χ1n) is 4.77. The molecule has 0 spiro atoms. The van der Waals surface area contributed by atoms with Gasteiger partial charge in [0.25, 0.3) is 5.78 Å². The summed E-state index contributed by atoms with van der Waals surface area (Å²) in [6.45, 7) is 0. The predicted molar refractivity (Wildman–Crippen MR) is 58.1 cm³/mol. The fraction of sp³-hybridized carbons (Fsp3) is 0. The maximum absolute atomic E-state index is 11.8. The lowest BCUT2D eigenvalue weighted by Crippen LogP contribution is -2.11. The van der Waals surface area contributed by atoms with Crippen LogP contribution in [0.3, 0.4) is 0 Å². The molecule has 1 aliphatic heterocycles. The van der Waals surface area contributed by atoms with Crippen LogP contribution in [0.15, 0.2) is 41.6 Å². The van der Waals surface area contributed by atoms with Crippen LogP contribution in [0.25, 0.3) is 10.8 Å². The van der Waals surface area contributed by atoms with Crippen molar-refractivity contribution in [1.29, 1.82) is 0 Å². The topological polar surface area (TPSA) is 58.9 Å². The van der Waals surface area contributed by atoms with Crippen LogP contribution >= 0.6 is 0 Å². The molecule has 1 heterocycles. The Kier molecular flexibility index (Phi) is 1.71. The average Bonchev–Trinajstić information content (AvgIpc) is 2.66. The van der Waals surface area contributed by atoms with E-state index in [1.54, 1.807) is 6.07 Å². The fourth-order valence-corrected chi connectivity index (χ4v) is 1.89. The van der Waals surface area contributed by atoms with Gasteiger partial charge in [-0.05, 0) is 22.0 Å². The van der Waals surface area contributed by atoms with E-state index in [1.165, 1.54) is 0 Å². The molecule has 4 nitrogen and oxygen atoms in total. The molecule has 4 heteroatoms. The van der Waals surface area contributed by atoms with E-state index >= 15 is 0 Å². The van der Waals surface area contributed by atoms with Crippen LogP contribution < -0.4 is 4.74 Å². The summed E-state index contributed by atoms with van der Waals surface area (Å²) in [5.74, 6) is -0.211. The zero-order chi connectivity index (χ0) is 11.1. The van der Waals surface area contributed by atoms with Crippen LogP contribution in [-0.2, 0) is 0 Å². The summed E-state index contributed by atoms with van der Waals surface area (Å²) in [5, 5.41) is 13.2. The number of rotatable bonds is 0. The maximum Gasteiger partial charge on any atom is 0.304 e. The molecule has 0 fully saturated rings. The van der Waals surface area contributed by atoms with Crippen molar-refractivity contribution in [3.05, 3.63) is 42.0 Å². The van der Waals surface area contributed by atoms with E-state index in [-0.39, 0.29) is 11.7 Å². The van der Waals surface area contributed by atoms with Crippen LogP contribution in [0.5, 0.6) is 5.75 Å². The van der Waals surface area contributed by atoms with E-state index in [0.717, 1.165) is 10.8 Å². The molecule has 0 unspecified atom stereocenters. The van der Waals surface area contributed by atoms with Crippen molar-refractivity contribution in [3.63, 3.8) is 0 Å². The van der Waals surface area contributed by atoms with Crippen molar-refractivity contribution in [3.8, 4) is 5.75 Å². The number of hydrogen-bond donors (Lipinski definition) is 1. The number of nitrogens with zero attached hydrogens (tertiary/aromatic N) is 1. The lowest BCUT2D eigenvalue weighted by atomic mass is 10.0. The Morgan fingerprint density at radius 2 is 1.94 bits per heavy atom. The van der Waals surface area contributed by atoms with Crippen molar-refractivity contribution in [2.24, 2.45) is 5.16 Å². The van der Waals surface area contributed by atoms with Gasteiger partial charge < -0.3 is 9.94 Å². The number of fused-ring (bicyclic) bond motifs is 3. The Morgan fingerprint density at radius 1 is 1.12 bits per heavy atom. The van der Waals surface area contributed by atoms with Gasteiger partial charge in [-0.3, -0.25) is 4.79 Å². The van der Waals surface area contributed by atoms with Gasteiger partial charge in [0.1, 0.15) is 5.75 Å². The second kappa shape index (κ2) is 3.06. The number of carbonyl (C=O) groups excluding carboxylic acids is 1. The molecule has 0 radical (unpaired) electrons. The molecule has 0 amide bonds. The van der Waals surface area contributed by atoms with Crippen molar-refractivity contribution >= 4 is 22.5 Å². The Bertz CT molecular complexity index is 631. The van der Waals surface area contributed by atoms with Gasteiger partial charge in [-0.2, -0.15) is 0 Å². The maximum atomic E-state index is 11.8. The first-order valence-corrected chi connectivity index (χ1v) is 4.77. The number of benzene rings is 2. The molecule has 3 rings (SSSR count). The summed E-state index contributed by atoms with van der Waals surface area (Å²) >= 11 is 0. The molecule has 0 bridgehead atoms. The van der Waals surface area contributed by atoms with Gasteiger partial charge in [0.2, 0.25) is 0 Å². The molecule has 2 aromatic rings. The minimum Gasteiger partial charge on any atom is -0.433 e. The van der Waals surface area contributed by atoms with Crippen molar-refractivity contribution in [2.75, 3.05) is 0 Å². The van der Waals surface area contributed by atoms with Gasteiger partial charge in [0.05, 0.1) is 5.56 Å². The van der Waals surface area contributed by atoms with E-state index in [9.17, 15) is 4.79 Å². The number of ketones is 1. The van der Waals surface area contributed by atoms with Crippen LogP contribution in [-0.4, -0.2) is 16.9 Å². The Hall–Kier alpha value is -2.36. The fourth-order valence-electron chi connectivity index (χ4n) is 1.89. The highest BCUT2D eigenvalue weighted by atomic mass is 16.5. The smallest absolute Gasteiger partial charge is 0.304 e. The molecule has 0 atom stereocenters. The molecule has 2 aromatic carbocycles. The minimum atomic E-state index is -0.380. The molecular formula is C12H7NO3. The van der Waals surface area contributed by atoms with E-state index in [4.69, 9.17) is 9.94 Å². The van der Waals surface area contributed by atoms with Gasteiger partial charge in [0.15, 0.2) is 0 Å². The quantitative estimate of drug-likeness (QED) is 0.539. The predicted octanol–water partition coefficient (Wildman–Crippen LogP) is 2.20. The number of Topliss-reactive ketones (excluding diaryl/α,β-unsaturated/α-hetero) is 1. The second-order valence-corrected chi connectivity index (χ2v) is 3.50. The number of hydrogen-bond acceptors (Lipinski definition) is 4. The van der Waals surface area contributed by atoms with Crippen molar-refractivity contribution in [2.45, 2.75) is 0 Å². The molecule has 0 aliphatic carbocycles. The van der Waals surface area contributed by atoms with Gasteiger partial charge >= 0.3 is 5.90 Å². The highest BCUT2D eigenvalue weighted by molar-refractivity contribution is 6.48. The molecule has 0 saturated carbocycles. The molecule has 16 heavy (non-hydrogen) atoms. The SMILES string of the molecule is O=C1C(=NO)Oc2ccc3ccccc3c21. The summed E-state index contributed by atoms with van der Waals surface area (Å²) in [7, 11) is 0. The van der Waals surface area contributed by atoms with E-state index in [1.807, 2.05) is 30.3 Å². The molecule has 78 valence electrons. The van der Waals surface area contributed by atoms with Crippen molar-refractivity contribution in [1.82, 2.24) is 0 Å². The Labute approximate surface area is 90.8 Å². The van der Waals surface area contributed by atoms with E-state index < -0.39 is 0 Å².